The molecule has 232 valence electrons. The number of carbonyl (C=O) groups is 3. The maximum absolute atomic E-state index is 10.3. The molecule has 1 atom stereocenters. The maximum Gasteiger partial charge on any atom is 0.336 e. The van der Waals surface area contributed by atoms with Gasteiger partial charge in [-0.25, -0.2) is 4.79 Å². The highest BCUT2D eigenvalue weighted by Gasteiger charge is 2.40. The number of aromatic nitrogens is 2. The van der Waals surface area contributed by atoms with Gasteiger partial charge < -0.3 is 35.0 Å². The van der Waals surface area contributed by atoms with E-state index in [4.69, 9.17) is 35.0 Å². The van der Waals surface area contributed by atoms with Crippen LogP contribution in [0.25, 0.3) is 0 Å². The molecule has 4 rings (SSSR count). The topological polar surface area (TPSA) is 192 Å². The van der Waals surface area contributed by atoms with E-state index in [0.29, 0.717) is 13.1 Å². The van der Waals surface area contributed by atoms with Gasteiger partial charge in [-0.3, -0.25) is 19.2 Å². The van der Waals surface area contributed by atoms with Crippen molar-refractivity contribution in [1.82, 2.24) is 14.7 Å². The highest BCUT2D eigenvalue weighted by molar-refractivity contribution is 5.88. The molecule has 0 saturated heterocycles. The van der Waals surface area contributed by atoms with Crippen LogP contribution in [0.3, 0.4) is 0 Å². The second kappa shape index (κ2) is 14.6. The summed E-state index contributed by atoms with van der Waals surface area (Å²) in [7, 11) is 0. The third kappa shape index (κ3) is 9.53. The van der Waals surface area contributed by atoms with Gasteiger partial charge in [0, 0.05) is 30.9 Å². The standard InChI is InChI=1S/C24H29N3O3.C6H8O7/c1-17(28)12-26(13-21-9-10-23-24(11-21)30-16-29-23)15-22-18(2)25-27(19(22)3)14-20-7-5-4-6-8-20;7-3(8)1-6(13,5(11)12)2-4(9)10/h4-11,17,28H,12-16H2,1-3H3;13H,1-2H2,(H,7,8)(H,9,10)(H,11,12). The van der Waals surface area contributed by atoms with Crippen LogP contribution >= 0.6 is 0 Å². The molecule has 43 heavy (non-hydrogen) atoms. The third-order valence-corrected chi connectivity index (χ3v) is 6.74. The predicted octanol–water partition coefficient (Wildman–Crippen LogP) is 2.41. The molecule has 1 aliphatic heterocycles. The molecular weight excluding hydrogens is 562 g/mol. The Labute approximate surface area is 248 Å². The minimum Gasteiger partial charge on any atom is -0.481 e. The number of carboxylic acids is 3. The van der Waals surface area contributed by atoms with E-state index < -0.39 is 42.5 Å². The van der Waals surface area contributed by atoms with Crippen molar-refractivity contribution in [3.05, 3.63) is 76.6 Å². The molecule has 0 radical (unpaired) electrons. The Morgan fingerprint density at radius 1 is 0.953 bits per heavy atom. The first kappa shape index (κ1) is 33.0. The van der Waals surface area contributed by atoms with E-state index in [1.54, 1.807) is 0 Å². The summed E-state index contributed by atoms with van der Waals surface area (Å²) in [4.78, 5) is 32.7. The van der Waals surface area contributed by atoms with Crippen molar-refractivity contribution in [2.45, 2.75) is 65.0 Å². The highest BCUT2D eigenvalue weighted by atomic mass is 16.7. The van der Waals surface area contributed by atoms with Crippen LogP contribution in [0.5, 0.6) is 11.5 Å². The van der Waals surface area contributed by atoms with Gasteiger partial charge in [0.1, 0.15) is 0 Å². The fourth-order valence-corrected chi connectivity index (χ4v) is 4.67. The van der Waals surface area contributed by atoms with Crippen molar-refractivity contribution in [3.8, 4) is 11.5 Å². The van der Waals surface area contributed by atoms with Crippen LogP contribution in [-0.2, 0) is 34.0 Å². The summed E-state index contributed by atoms with van der Waals surface area (Å²) in [5.74, 6) is -3.45. The molecule has 13 nitrogen and oxygen atoms in total. The van der Waals surface area contributed by atoms with Gasteiger partial charge in [-0.1, -0.05) is 36.4 Å². The summed E-state index contributed by atoms with van der Waals surface area (Å²) in [6.45, 7) is 9.06. The minimum atomic E-state index is -2.74. The Bertz CT molecular complexity index is 1410. The third-order valence-electron chi connectivity index (χ3n) is 6.74. The van der Waals surface area contributed by atoms with E-state index in [1.165, 1.54) is 11.1 Å². The van der Waals surface area contributed by atoms with Crippen molar-refractivity contribution in [2.75, 3.05) is 13.3 Å². The highest BCUT2D eigenvalue weighted by Crippen LogP contribution is 2.33. The summed E-state index contributed by atoms with van der Waals surface area (Å²) >= 11 is 0. The summed E-state index contributed by atoms with van der Waals surface area (Å²) in [6, 6.07) is 16.4. The van der Waals surface area contributed by atoms with Crippen LogP contribution in [0.1, 0.15) is 47.8 Å². The lowest BCUT2D eigenvalue weighted by molar-refractivity contribution is -0.170. The first-order chi connectivity index (χ1) is 20.3. The molecule has 0 bridgehead atoms. The zero-order valence-electron chi connectivity index (χ0n) is 24.3. The number of rotatable bonds is 13. The largest absolute Gasteiger partial charge is 0.481 e. The Morgan fingerprint density at radius 2 is 1.58 bits per heavy atom. The molecule has 13 heteroatoms. The molecule has 5 N–H and O–H groups in total. The van der Waals surface area contributed by atoms with Crippen LogP contribution in [0.2, 0.25) is 0 Å². The fourth-order valence-electron chi connectivity index (χ4n) is 4.67. The van der Waals surface area contributed by atoms with Crippen molar-refractivity contribution < 1.29 is 49.4 Å². The first-order valence-electron chi connectivity index (χ1n) is 13.5. The molecule has 0 saturated carbocycles. The van der Waals surface area contributed by atoms with E-state index in [0.717, 1.165) is 41.5 Å². The molecule has 1 aliphatic rings. The van der Waals surface area contributed by atoms with E-state index in [2.05, 4.69) is 53.8 Å². The number of aliphatic carboxylic acids is 3. The Morgan fingerprint density at radius 3 is 2.16 bits per heavy atom. The van der Waals surface area contributed by atoms with Crippen LogP contribution < -0.4 is 9.47 Å². The molecule has 0 amide bonds. The van der Waals surface area contributed by atoms with Crippen LogP contribution in [0, 0.1) is 13.8 Å². The summed E-state index contributed by atoms with van der Waals surface area (Å²) in [6.07, 6.45) is -2.71. The zero-order chi connectivity index (χ0) is 31.7. The monoisotopic (exact) mass is 599 g/mol. The number of benzene rings is 2. The second-order valence-electron chi connectivity index (χ2n) is 10.5. The summed E-state index contributed by atoms with van der Waals surface area (Å²) in [5.41, 5.74) is 3.04. The first-order valence-corrected chi connectivity index (χ1v) is 13.5. The Kier molecular flexibility index (Phi) is 11.2. The van der Waals surface area contributed by atoms with Gasteiger partial charge in [0.2, 0.25) is 6.79 Å². The minimum absolute atomic E-state index is 0.273. The van der Waals surface area contributed by atoms with Gasteiger partial charge in [0.15, 0.2) is 17.1 Å². The van der Waals surface area contributed by atoms with Crippen molar-refractivity contribution in [3.63, 3.8) is 0 Å². The molecule has 2 heterocycles. The van der Waals surface area contributed by atoms with E-state index in [9.17, 15) is 19.5 Å². The number of ether oxygens (including phenoxy) is 2. The number of aliphatic hydroxyl groups is 2. The average Bonchev–Trinajstić information content (AvgIpc) is 3.48. The quantitative estimate of drug-likeness (QED) is 0.193. The molecule has 2 aromatic carbocycles. The van der Waals surface area contributed by atoms with E-state index >= 15 is 0 Å². The lowest BCUT2D eigenvalue weighted by Crippen LogP contribution is -2.42. The fraction of sp³-hybridized carbons (Fsp3) is 0.400. The Hall–Kier alpha value is -4.46. The van der Waals surface area contributed by atoms with Crippen LogP contribution in [0.15, 0.2) is 48.5 Å². The van der Waals surface area contributed by atoms with Gasteiger partial charge in [-0.05, 0) is 44.0 Å². The second-order valence-corrected chi connectivity index (χ2v) is 10.5. The average molecular weight is 600 g/mol. The number of carboxylic acid groups (broad SMARTS) is 3. The predicted molar refractivity (Wildman–Crippen MR) is 153 cm³/mol. The van der Waals surface area contributed by atoms with Crippen molar-refractivity contribution in [1.29, 1.82) is 0 Å². The van der Waals surface area contributed by atoms with E-state index in [1.807, 2.05) is 25.1 Å². The van der Waals surface area contributed by atoms with Gasteiger partial charge in [0.25, 0.3) is 0 Å². The van der Waals surface area contributed by atoms with Crippen LogP contribution in [-0.4, -0.2) is 83.2 Å². The van der Waals surface area contributed by atoms with E-state index in [-0.39, 0.29) is 6.79 Å². The summed E-state index contributed by atoms with van der Waals surface area (Å²) in [5, 5.41) is 48.7. The molecule has 3 aromatic rings. The normalized spacial score (nSPS) is 12.9. The maximum atomic E-state index is 10.3. The van der Waals surface area contributed by atoms with Gasteiger partial charge >= 0.3 is 17.9 Å². The van der Waals surface area contributed by atoms with Crippen molar-refractivity contribution >= 4 is 17.9 Å². The lowest BCUT2D eigenvalue weighted by atomic mass is 9.96. The number of hydrogen-bond acceptors (Lipinski definition) is 9. The number of hydrogen-bond donors (Lipinski definition) is 5. The Balaban J connectivity index is 0.000000331. The van der Waals surface area contributed by atoms with Gasteiger partial charge in [0.05, 0.1) is 31.2 Å². The van der Waals surface area contributed by atoms with Crippen molar-refractivity contribution in [2.24, 2.45) is 0 Å². The zero-order valence-corrected chi connectivity index (χ0v) is 24.3. The summed E-state index contributed by atoms with van der Waals surface area (Å²) < 4.78 is 13.0. The van der Waals surface area contributed by atoms with Gasteiger partial charge in [-0.2, -0.15) is 5.10 Å². The lowest BCUT2D eigenvalue weighted by Gasteiger charge is -2.24. The molecule has 0 fully saturated rings. The van der Waals surface area contributed by atoms with Crippen LogP contribution in [0.4, 0.5) is 0 Å². The molecular formula is C30H37N3O10. The number of aryl methyl sites for hydroxylation is 1. The smallest absolute Gasteiger partial charge is 0.336 e. The number of nitrogens with zero attached hydrogens (tertiary/aromatic N) is 3. The number of aliphatic hydroxyl groups excluding tert-OH is 1. The molecule has 1 unspecified atom stereocenters. The number of fused-ring (bicyclic) bond motifs is 1. The molecule has 0 aliphatic carbocycles. The molecule has 0 spiro atoms. The molecule has 1 aromatic heterocycles. The SMILES string of the molecule is Cc1nn(Cc2ccccc2)c(C)c1CN(Cc1ccc2c(c1)OCO2)CC(C)O.O=C(O)CC(O)(CC(=O)O)C(=O)O. The van der Waals surface area contributed by atoms with Gasteiger partial charge in [-0.15, -0.1) is 0 Å².